The molecule has 0 radical (unpaired) electrons. The van der Waals surface area contributed by atoms with Crippen molar-refractivity contribution < 1.29 is 66.0 Å². The fourth-order valence-corrected chi connectivity index (χ4v) is 12.9. The van der Waals surface area contributed by atoms with Crippen LogP contribution in [0, 0.1) is 34.9 Å². The van der Waals surface area contributed by atoms with Gasteiger partial charge in [-0.1, -0.05) is 71.2 Å². The van der Waals surface area contributed by atoms with Crippen LogP contribution in [0.2, 0.25) is 15.1 Å². The number of hydrogen-bond donors (Lipinski definition) is 6. The van der Waals surface area contributed by atoms with Crippen LogP contribution in [0.5, 0.6) is 0 Å². The molecule has 3 amide bonds. The first-order valence-corrected chi connectivity index (χ1v) is 29.3. The molecule has 6 aromatic carbocycles. The minimum absolute atomic E-state index is 0.0833. The molecule has 3 aliphatic heterocycles. The molecule has 3 heterocycles. The largest absolute Gasteiger partial charge is 0.325 e. The zero-order valence-corrected chi connectivity index (χ0v) is 47.1. The Labute approximate surface area is 477 Å². The number of likely N-dealkylation sites (N-methyl/N-ethyl adjacent to an activating group) is 3. The number of carbonyl (C=O) groups excluding carboxylic acids is 3. The Morgan fingerprint density at radius 2 is 0.667 bits per heavy atom. The highest BCUT2D eigenvalue weighted by Crippen LogP contribution is 2.33. The van der Waals surface area contributed by atoms with Gasteiger partial charge >= 0.3 is 0 Å². The molecule has 30 heteroatoms. The van der Waals surface area contributed by atoms with E-state index in [4.69, 9.17) is 34.8 Å². The predicted octanol–water partition coefficient (Wildman–Crippen LogP) is 8.51. The van der Waals surface area contributed by atoms with Crippen LogP contribution in [0.3, 0.4) is 0 Å². The van der Waals surface area contributed by atoms with Gasteiger partial charge in [0.15, 0.2) is 0 Å². The fourth-order valence-electron chi connectivity index (χ4n) is 8.55. The number of nitrogens with one attached hydrogen (secondary N) is 6. The van der Waals surface area contributed by atoms with E-state index < -0.39 is 120 Å². The summed E-state index contributed by atoms with van der Waals surface area (Å²) in [5.41, 5.74) is 1.94. The first kappa shape index (κ1) is 62.4. The molecule has 0 bridgehead atoms. The quantitative estimate of drug-likeness (QED) is 0.0761. The SMILES string of the molecule is CN1C(C(=O)Nc2ccc(F)c(Cl)c2)CC(c2cccc(F)c2)NS1(=O)=O.CN1C(C(=O)Nc2ccc(F)c(Cl)c2)CC(c2cccc(F)c2)NS1(=O)=O.CN1C(C(=O)Nc2ccc(F)c(Cl)c2)C[C@@H](c2cccc(F)c2)NS1(=O)=O. The molecule has 6 N–H and O–H groups in total. The van der Waals surface area contributed by atoms with Gasteiger partial charge in [0.25, 0.3) is 30.6 Å². The average molecular weight is 1250 g/mol. The Bertz CT molecular complexity index is 3340. The Hall–Kier alpha value is -6.21. The van der Waals surface area contributed by atoms with Gasteiger partial charge in [-0.3, -0.25) is 14.4 Å². The zero-order chi connectivity index (χ0) is 59.3. The van der Waals surface area contributed by atoms with Crippen molar-refractivity contribution in [2.75, 3.05) is 37.1 Å². The molecule has 3 aliphatic rings. The van der Waals surface area contributed by atoms with Crippen molar-refractivity contribution in [1.82, 2.24) is 27.1 Å². The van der Waals surface area contributed by atoms with Crippen molar-refractivity contribution >= 4 is 100 Å². The highest BCUT2D eigenvalue weighted by atomic mass is 35.5. The van der Waals surface area contributed by atoms with Crippen molar-refractivity contribution in [2.24, 2.45) is 0 Å². The molecule has 0 aromatic heterocycles. The van der Waals surface area contributed by atoms with E-state index in [1.165, 1.54) is 112 Å². The lowest BCUT2D eigenvalue weighted by atomic mass is 9.99. The van der Waals surface area contributed by atoms with Crippen molar-refractivity contribution in [3.63, 3.8) is 0 Å². The maximum absolute atomic E-state index is 13.5. The standard InChI is InChI=1S/3C17H16ClF2N3O3S/c3*1-23-16(17(24)21-12-5-6-14(20)13(18)8-12)9-15(22-27(23,25)26)10-3-2-4-11(19)7-10/h3*2-8,15-16,22H,9H2,1H3,(H,21,24)/t15-,16?;;/m0../s1. The van der Waals surface area contributed by atoms with E-state index in [9.17, 15) is 66.0 Å². The Morgan fingerprint density at radius 3 is 0.889 bits per heavy atom. The summed E-state index contributed by atoms with van der Waals surface area (Å²) < 4.78 is 165. The minimum atomic E-state index is -3.96. The zero-order valence-electron chi connectivity index (χ0n) is 42.4. The molecule has 3 saturated heterocycles. The molecule has 432 valence electrons. The first-order valence-electron chi connectivity index (χ1n) is 23.8. The molecular formula is C51H48Cl3F6N9O9S3. The molecule has 0 aliphatic carbocycles. The van der Waals surface area contributed by atoms with Gasteiger partial charge in [0.1, 0.15) is 53.0 Å². The van der Waals surface area contributed by atoms with Crippen LogP contribution < -0.4 is 30.1 Å². The lowest BCUT2D eigenvalue weighted by molar-refractivity contribution is -0.120. The predicted molar refractivity (Wildman–Crippen MR) is 292 cm³/mol. The number of rotatable bonds is 9. The van der Waals surface area contributed by atoms with Gasteiger partial charge in [0.2, 0.25) is 17.7 Å². The van der Waals surface area contributed by atoms with Crippen LogP contribution in [0.4, 0.5) is 43.4 Å². The molecule has 9 rings (SSSR count). The average Bonchev–Trinajstić information content (AvgIpc) is 3.55. The van der Waals surface area contributed by atoms with E-state index in [1.54, 1.807) is 18.2 Å². The maximum Gasteiger partial charge on any atom is 0.280 e. The summed E-state index contributed by atoms with van der Waals surface area (Å²) in [4.78, 5) is 37.9. The second-order valence-corrected chi connectivity index (χ2v) is 24.9. The third-order valence-corrected chi connectivity index (χ3v) is 18.6. The van der Waals surface area contributed by atoms with Crippen molar-refractivity contribution in [2.45, 2.75) is 55.5 Å². The lowest BCUT2D eigenvalue weighted by Gasteiger charge is -2.36. The van der Waals surface area contributed by atoms with Crippen LogP contribution >= 0.6 is 34.8 Å². The van der Waals surface area contributed by atoms with Gasteiger partial charge in [-0.2, -0.15) is 52.3 Å². The van der Waals surface area contributed by atoms with Gasteiger partial charge in [0, 0.05) is 38.2 Å². The van der Waals surface area contributed by atoms with Crippen LogP contribution in [0.15, 0.2) is 127 Å². The molecule has 6 aromatic rings. The summed E-state index contributed by atoms with van der Waals surface area (Å²) in [7, 11) is -8.07. The highest BCUT2D eigenvalue weighted by Gasteiger charge is 2.43. The van der Waals surface area contributed by atoms with Crippen LogP contribution in [-0.2, 0) is 45.0 Å². The number of hydrogen-bond acceptors (Lipinski definition) is 9. The van der Waals surface area contributed by atoms with E-state index in [2.05, 4.69) is 30.1 Å². The van der Waals surface area contributed by atoms with Gasteiger partial charge in [0.05, 0.1) is 33.2 Å². The monoisotopic (exact) mass is 1250 g/mol. The number of carbonyl (C=O) groups is 3. The molecule has 18 nitrogen and oxygen atoms in total. The molecule has 6 atom stereocenters. The highest BCUT2D eigenvalue weighted by molar-refractivity contribution is 7.87. The molecule has 0 saturated carbocycles. The first-order chi connectivity index (χ1) is 38.0. The summed E-state index contributed by atoms with van der Waals surface area (Å²) in [6.07, 6.45) is 0.250. The van der Waals surface area contributed by atoms with Crippen molar-refractivity contribution in [3.05, 3.63) is 194 Å². The third kappa shape index (κ3) is 15.7. The van der Waals surface area contributed by atoms with Gasteiger partial charge < -0.3 is 16.0 Å². The fraction of sp³-hybridized carbons (Fsp3) is 0.235. The van der Waals surface area contributed by atoms with E-state index in [-0.39, 0.29) is 51.4 Å². The van der Waals surface area contributed by atoms with Crippen LogP contribution in [0.1, 0.15) is 54.1 Å². The summed E-state index contributed by atoms with van der Waals surface area (Å²) in [6, 6.07) is 22.0. The number of anilines is 3. The summed E-state index contributed by atoms with van der Waals surface area (Å²) >= 11 is 17.1. The molecule has 0 spiro atoms. The lowest BCUT2D eigenvalue weighted by Crippen LogP contribution is -2.55. The Morgan fingerprint density at radius 1 is 0.420 bits per heavy atom. The number of nitrogens with zero attached hydrogens (tertiary/aromatic N) is 3. The van der Waals surface area contributed by atoms with Gasteiger partial charge in [-0.25, -0.2) is 26.3 Å². The summed E-state index contributed by atoms with van der Waals surface area (Å²) in [6.45, 7) is 0. The maximum atomic E-state index is 13.5. The van der Waals surface area contributed by atoms with Crippen LogP contribution in [0.25, 0.3) is 0 Å². The van der Waals surface area contributed by atoms with Crippen molar-refractivity contribution in [3.8, 4) is 0 Å². The normalized spacial score (nSPS) is 22.4. The number of benzene rings is 6. The molecular weight excluding hydrogens is 1200 g/mol. The Balaban J connectivity index is 0.000000175. The number of amides is 3. The Kier molecular flexibility index (Phi) is 20.0. The second-order valence-electron chi connectivity index (χ2n) is 18.3. The minimum Gasteiger partial charge on any atom is -0.325 e. The van der Waals surface area contributed by atoms with Gasteiger partial charge in [-0.15, -0.1) is 0 Å². The smallest absolute Gasteiger partial charge is 0.280 e. The third-order valence-electron chi connectivity index (χ3n) is 12.9. The summed E-state index contributed by atoms with van der Waals surface area (Å²) in [5.74, 6) is -5.25. The van der Waals surface area contributed by atoms with Gasteiger partial charge in [-0.05, 0) is 127 Å². The molecule has 3 fully saturated rings. The topological polar surface area (TPSA) is 236 Å². The van der Waals surface area contributed by atoms with Crippen molar-refractivity contribution in [1.29, 1.82) is 0 Å². The van der Waals surface area contributed by atoms with E-state index in [0.29, 0.717) is 16.7 Å². The summed E-state index contributed by atoms with van der Waals surface area (Å²) in [5, 5.41) is 7.09. The molecule has 5 unspecified atom stereocenters. The van der Waals surface area contributed by atoms with Crippen LogP contribution in [-0.4, -0.2) is 95.2 Å². The van der Waals surface area contributed by atoms with E-state index in [0.717, 1.165) is 31.1 Å². The molecule has 81 heavy (non-hydrogen) atoms. The van der Waals surface area contributed by atoms with E-state index >= 15 is 0 Å². The van der Waals surface area contributed by atoms with E-state index in [1.807, 2.05) is 0 Å². The number of halogens is 9. The second kappa shape index (κ2) is 25.9.